The largest absolute Gasteiger partial charge is 0.465 e. The van der Waals surface area contributed by atoms with Crippen molar-refractivity contribution in [2.75, 3.05) is 20.2 Å². The van der Waals surface area contributed by atoms with Gasteiger partial charge in [-0.05, 0) is 37.5 Å². The van der Waals surface area contributed by atoms with E-state index in [4.69, 9.17) is 10.2 Å². The SMILES string of the molecule is CN(CC1CCC(CO)CC1)C(=O)O. The normalized spacial score (nSPS) is 27.3. The molecule has 1 aliphatic rings. The van der Waals surface area contributed by atoms with Crippen LogP contribution >= 0.6 is 0 Å². The van der Waals surface area contributed by atoms with Crippen LogP contribution in [0, 0.1) is 11.8 Å². The molecule has 1 aliphatic carbocycles. The third-order valence-electron chi connectivity index (χ3n) is 3.08. The lowest BCUT2D eigenvalue weighted by molar-refractivity contribution is 0.128. The van der Waals surface area contributed by atoms with Crippen molar-refractivity contribution < 1.29 is 15.0 Å². The molecule has 0 aromatic rings. The molecule has 0 radical (unpaired) electrons. The second-order valence-corrected chi connectivity index (χ2v) is 4.23. The Morgan fingerprint density at radius 3 is 2.21 bits per heavy atom. The number of aliphatic hydroxyl groups excluding tert-OH is 1. The first-order chi connectivity index (χ1) is 6.63. The second kappa shape index (κ2) is 5.20. The summed E-state index contributed by atoms with van der Waals surface area (Å²) in [6.07, 6.45) is 3.31. The van der Waals surface area contributed by atoms with Crippen LogP contribution in [0.5, 0.6) is 0 Å². The molecule has 4 heteroatoms. The summed E-state index contributed by atoms with van der Waals surface area (Å²) in [6, 6.07) is 0. The van der Waals surface area contributed by atoms with Crippen LogP contribution in [0.3, 0.4) is 0 Å². The number of hydrogen-bond donors (Lipinski definition) is 2. The van der Waals surface area contributed by atoms with Gasteiger partial charge in [-0.2, -0.15) is 0 Å². The highest BCUT2D eigenvalue weighted by atomic mass is 16.4. The van der Waals surface area contributed by atoms with Crippen LogP contribution in [0.2, 0.25) is 0 Å². The summed E-state index contributed by atoms with van der Waals surface area (Å²) in [5, 5.41) is 17.6. The third-order valence-corrected chi connectivity index (χ3v) is 3.08. The molecule has 0 aromatic heterocycles. The summed E-state index contributed by atoms with van der Waals surface area (Å²) in [6.45, 7) is 0.912. The first-order valence-electron chi connectivity index (χ1n) is 5.18. The molecule has 2 N–H and O–H groups in total. The fourth-order valence-electron chi connectivity index (χ4n) is 2.06. The maximum absolute atomic E-state index is 10.6. The topological polar surface area (TPSA) is 60.8 Å². The van der Waals surface area contributed by atoms with Crippen molar-refractivity contribution in [2.45, 2.75) is 25.7 Å². The number of hydrogen-bond acceptors (Lipinski definition) is 2. The minimum Gasteiger partial charge on any atom is -0.465 e. The van der Waals surface area contributed by atoms with Gasteiger partial charge >= 0.3 is 6.09 Å². The van der Waals surface area contributed by atoms with E-state index in [1.807, 2.05) is 0 Å². The van der Waals surface area contributed by atoms with Gasteiger partial charge in [0.25, 0.3) is 0 Å². The van der Waals surface area contributed by atoms with Gasteiger partial charge in [-0.25, -0.2) is 4.79 Å². The minimum atomic E-state index is -0.853. The van der Waals surface area contributed by atoms with E-state index in [2.05, 4.69) is 0 Å². The summed E-state index contributed by atoms with van der Waals surface area (Å²) in [4.78, 5) is 11.9. The molecule has 0 bridgehead atoms. The van der Waals surface area contributed by atoms with Crippen LogP contribution < -0.4 is 0 Å². The number of nitrogens with zero attached hydrogens (tertiary/aromatic N) is 1. The zero-order valence-electron chi connectivity index (χ0n) is 8.65. The Labute approximate surface area is 84.5 Å². The van der Waals surface area contributed by atoms with Gasteiger partial charge < -0.3 is 15.1 Å². The van der Waals surface area contributed by atoms with E-state index in [0.717, 1.165) is 25.7 Å². The van der Waals surface area contributed by atoms with Crippen LogP contribution in [0.4, 0.5) is 4.79 Å². The van der Waals surface area contributed by atoms with Crippen molar-refractivity contribution in [2.24, 2.45) is 11.8 Å². The lowest BCUT2D eigenvalue weighted by atomic mass is 9.82. The molecule has 82 valence electrons. The van der Waals surface area contributed by atoms with Crippen LogP contribution in [-0.2, 0) is 0 Å². The van der Waals surface area contributed by atoms with Gasteiger partial charge in [-0.3, -0.25) is 0 Å². The molecule has 0 aliphatic heterocycles. The van der Waals surface area contributed by atoms with Gasteiger partial charge in [0.15, 0.2) is 0 Å². The van der Waals surface area contributed by atoms with E-state index in [0.29, 0.717) is 18.4 Å². The molecular weight excluding hydrogens is 182 g/mol. The van der Waals surface area contributed by atoms with Crippen LogP contribution in [0.25, 0.3) is 0 Å². The van der Waals surface area contributed by atoms with Crippen molar-refractivity contribution in [1.82, 2.24) is 4.90 Å². The van der Waals surface area contributed by atoms with Crippen LogP contribution in [0.1, 0.15) is 25.7 Å². The van der Waals surface area contributed by atoms with E-state index >= 15 is 0 Å². The van der Waals surface area contributed by atoms with Gasteiger partial charge in [-0.15, -0.1) is 0 Å². The lowest BCUT2D eigenvalue weighted by Gasteiger charge is -2.29. The maximum atomic E-state index is 10.6. The summed E-state index contributed by atoms with van der Waals surface area (Å²) in [7, 11) is 1.61. The summed E-state index contributed by atoms with van der Waals surface area (Å²) < 4.78 is 0. The van der Waals surface area contributed by atoms with Crippen molar-refractivity contribution in [1.29, 1.82) is 0 Å². The monoisotopic (exact) mass is 201 g/mol. The summed E-state index contributed by atoms with van der Waals surface area (Å²) in [5.41, 5.74) is 0. The predicted molar refractivity (Wildman–Crippen MR) is 53.2 cm³/mol. The second-order valence-electron chi connectivity index (χ2n) is 4.23. The van der Waals surface area contributed by atoms with Gasteiger partial charge in [0.2, 0.25) is 0 Å². The average Bonchev–Trinajstić information content (AvgIpc) is 2.19. The maximum Gasteiger partial charge on any atom is 0.407 e. The standard InChI is InChI=1S/C10H19NO3/c1-11(10(13)14)6-8-2-4-9(7-12)5-3-8/h8-9,12H,2-7H2,1H3,(H,13,14). The molecular formula is C10H19NO3. The van der Waals surface area contributed by atoms with Crippen LogP contribution in [-0.4, -0.2) is 41.4 Å². The van der Waals surface area contributed by atoms with Crippen molar-refractivity contribution in [3.05, 3.63) is 0 Å². The molecule has 1 fully saturated rings. The van der Waals surface area contributed by atoms with Crippen molar-refractivity contribution >= 4 is 6.09 Å². The number of rotatable bonds is 3. The number of carbonyl (C=O) groups is 1. The fraction of sp³-hybridized carbons (Fsp3) is 0.900. The Balaban J connectivity index is 2.25. The molecule has 0 saturated heterocycles. The van der Waals surface area contributed by atoms with Crippen LogP contribution in [0.15, 0.2) is 0 Å². The quantitative estimate of drug-likeness (QED) is 0.725. The highest BCUT2D eigenvalue weighted by Crippen LogP contribution is 2.28. The number of amides is 1. The molecule has 0 atom stereocenters. The zero-order chi connectivity index (χ0) is 10.6. The molecule has 4 nitrogen and oxygen atoms in total. The fourth-order valence-corrected chi connectivity index (χ4v) is 2.06. The molecule has 1 amide bonds. The van der Waals surface area contributed by atoms with Gasteiger partial charge in [0.05, 0.1) is 0 Å². The zero-order valence-corrected chi connectivity index (χ0v) is 8.65. The third kappa shape index (κ3) is 3.18. The average molecular weight is 201 g/mol. The Bertz CT molecular complexity index is 188. The molecule has 14 heavy (non-hydrogen) atoms. The Kier molecular flexibility index (Phi) is 4.20. The molecule has 0 unspecified atom stereocenters. The van der Waals surface area contributed by atoms with E-state index < -0.39 is 6.09 Å². The Morgan fingerprint density at radius 2 is 1.79 bits per heavy atom. The van der Waals surface area contributed by atoms with E-state index in [9.17, 15) is 4.79 Å². The Morgan fingerprint density at radius 1 is 1.29 bits per heavy atom. The highest BCUT2D eigenvalue weighted by Gasteiger charge is 2.22. The molecule has 1 saturated carbocycles. The number of aliphatic hydroxyl groups is 1. The predicted octanol–water partition coefficient (Wildman–Crippen LogP) is 1.39. The van der Waals surface area contributed by atoms with E-state index in [1.165, 1.54) is 4.90 Å². The number of carboxylic acid groups (broad SMARTS) is 1. The Hall–Kier alpha value is -0.770. The molecule has 1 rings (SSSR count). The molecule has 0 spiro atoms. The van der Waals surface area contributed by atoms with Gasteiger partial charge in [0.1, 0.15) is 0 Å². The van der Waals surface area contributed by atoms with Gasteiger partial charge in [-0.1, -0.05) is 0 Å². The highest BCUT2D eigenvalue weighted by molar-refractivity contribution is 5.64. The summed E-state index contributed by atoms with van der Waals surface area (Å²) in [5.74, 6) is 0.931. The minimum absolute atomic E-state index is 0.279. The van der Waals surface area contributed by atoms with E-state index in [1.54, 1.807) is 7.05 Å². The molecule has 0 heterocycles. The first-order valence-corrected chi connectivity index (χ1v) is 5.18. The van der Waals surface area contributed by atoms with Crippen molar-refractivity contribution in [3.8, 4) is 0 Å². The first kappa shape index (κ1) is 11.3. The lowest BCUT2D eigenvalue weighted by Crippen LogP contribution is -2.32. The smallest absolute Gasteiger partial charge is 0.407 e. The van der Waals surface area contributed by atoms with Crippen molar-refractivity contribution in [3.63, 3.8) is 0 Å². The summed E-state index contributed by atoms with van der Waals surface area (Å²) >= 11 is 0. The van der Waals surface area contributed by atoms with E-state index in [-0.39, 0.29) is 6.61 Å². The van der Waals surface area contributed by atoms with Gasteiger partial charge in [0, 0.05) is 20.2 Å². The molecule has 0 aromatic carbocycles.